The Balaban J connectivity index is 1.56. The zero-order chi connectivity index (χ0) is 19.1. The highest BCUT2D eigenvalue weighted by Crippen LogP contribution is 2.37. The Morgan fingerprint density at radius 2 is 1.79 bits per heavy atom. The number of rotatable bonds is 2. The minimum Gasteiger partial charge on any atom is -0.272 e. The molecule has 0 bridgehead atoms. The van der Waals surface area contributed by atoms with Crippen molar-refractivity contribution in [1.29, 1.82) is 0 Å². The fourth-order valence-corrected chi connectivity index (χ4v) is 4.48. The van der Waals surface area contributed by atoms with Crippen molar-refractivity contribution in [2.45, 2.75) is 19.4 Å². The van der Waals surface area contributed by atoms with Crippen LogP contribution in [0.1, 0.15) is 29.2 Å². The maximum atomic E-state index is 11.7. The van der Waals surface area contributed by atoms with E-state index in [4.69, 9.17) is 5.10 Å². The lowest BCUT2D eigenvalue weighted by Gasteiger charge is -2.23. The Labute approximate surface area is 168 Å². The average Bonchev–Trinajstić information content (AvgIpc) is 3.34. The molecule has 0 aliphatic carbocycles. The number of amidine groups is 1. The zero-order valence-electron chi connectivity index (χ0n) is 15.5. The van der Waals surface area contributed by atoms with Crippen LogP contribution in [-0.2, 0) is 4.79 Å². The average molecular weight is 385 g/mol. The Bertz CT molecular complexity index is 1130. The lowest BCUT2D eigenvalue weighted by atomic mass is 9.96. The maximum Gasteiger partial charge on any atom is 0.258 e. The number of benzene rings is 3. The summed E-state index contributed by atoms with van der Waals surface area (Å²) in [7, 11) is 0. The first kappa shape index (κ1) is 17.2. The quantitative estimate of drug-likeness (QED) is 0.628. The molecular formula is C23H19N3OS. The third-order valence-electron chi connectivity index (χ3n) is 5.19. The van der Waals surface area contributed by atoms with Gasteiger partial charge in [0.15, 0.2) is 5.17 Å². The van der Waals surface area contributed by atoms with Crippen molar-refractivity contribution < 1.29 is 4.79 Å². The molecule has 0 N–H and O–H groups in total. The van der Waals surface area contributed by atoms with Gasteiger partial charge in [0.2, 0.25) is 0 Å². The first-order valence-corrected chi connectivity index (χ1v) is 10.3. The van der Waals surface area contributed by atoms with E-state index in [-0.39, 0.29) is 11.9 Å². The van der Waals surface area contributed by atoms with Crippen LogP contribution in [0.4, 0.5) is 0 Å². The topological polar surface area (TPSA) is 45.0 Å². The van der Waals surface area contributed by atoms with E-state index in [0.29, 0.717) is 10.9 Å². The molecule has 3 aromatic carbocycles. The lowest BCUT2D eigenvalue weighted by Crippen LogP contribution is -2.23. The van der Waals surface area contributed by atoms with Crippen LogP contribution in [0, 0.1) is 6.92 Å². The largest absolute Gasteiger partial charge is 0.272 e. The second kappa shape index (κ2) is 6.91. The minimum absolute atomic E-state index is 0.0399. The van der Waals surface area contributed by atoms with Gasteiger partial charge in [0.25, 0.3) is 5.91 Å². The molecule has 1 atom stereocenters. The highest BCUT2D eigenvalue weighted by molar-refractivity contribution is 8.14. The van der Waals surface area contributed by atoms with Gasteiger partial charge in [0, 0.05) is 6.42 Å². The summed E-state index contributed by atoms with van der Waals surface area (Å²) in [6, 6.07) is 23.4. The number of aryl methyl sites for hydroxylation is 1. The number of fused-ring (bicyclic) bond motifs is 1. The SMILES string of the molecule is Cc1ccc(C2=NN(C3=NC(=O)CS3)C(c3ccc4ccccc4c3)C2)cc1. The van der Waals surface area contributed by atoms with E-state index in [9.17, 15) is 4.79 Å². The molecule has 4 nitrogen and oxygen atoms in total. The van der Waals surface area contributed by atoms with Gasteiger partial charge in [-0.3, -0.25) is 4.79 Å². The molecule has 3 aromatic rings. The number of amides is 1. The van der Waals surface area contributed by atoms with Crippen molar-refractivity contribution in [3.63, 3.8) is 0 Å². The fraction of sp³-hybridized carbons (Fsp3) is 0.174. The van der Waals surface area contributed by atoms with Crippen LogP contribution in [0.3, 0.4) is 0 Å². The molecular weight excluding hydrogens is 366 g/mol. The summed E-state index contributed by atoms with van der Waals surface area (Å²) in [5.74, 6) is 0.308. The number of carbonyl (C=O) groups is 1. The highest BCUT2D eigenvalue weighted by atomic mass is 32.2. The van der Waals surface area contributed by atoms with E-state index in [1.54, 1.807) is 0 Å². The number of hydrazone groups is 1. The van der Waals surface area contributed by atoms with Crippen LogP contribution in [0.2, 0.25) is 0 Å². The molecule has 0 saturated heterocycles. The zero-order valence-corrected chi connectivity index (χ0v) is 16.3. The summed E-state index contributed by atoms with van der Waals surface area (Å²) in [4.78, 5) is 15.9. The van der Waals surface area contributed by atoms with Crippen molar-refractivity contribution in [3.05, 3.63) is 83.4 Å². The standard InChI is InChI=1S/C23H19N3OS/c1-15-6-8-17(9-7-15)20-13-21(26(25-20)23-24-22(27)14-28-23)19-11-10-16-4-2-3-5-18(16)12-19/h2-12,21H,13-14H2,1H3. The maximum absolute atomic E-state index is 11.7. The van der Waals surface area contributed by atoms with Gasteiger partial charge in [-0.15, -0.1) is 0 Å². The van der Waals surface area contributed by atoms with E-state index in [2.05, 4.69) is 78.6 Å². The van der Waals surface area contributed by atoms with Gasteiger partial charge in [-0.2, -0.15) is 10.1 Å². The van der Waals surface area contributed by atoms with Crippen molar-refractivity contribution in [3.8, 4) is 0 Å². The normalized spacial score (nSPS) is 19.2. The van der Waals surface area contributed by atoms with Crippen molar-refractivity contribution in [1.82, 2.24) is 5.01 Å². The second-order valence-electron chi connectivity index (χ2n) is 7.16. The van der Waals surface area contributed by atoms with Crippen molar-refractivity contribution in [2.24, 2.45) is 10.1 Å². The predicted molar refractivity (Wildman–Crippen MR) is 116 cm³/mol. The van der Waals surface area contributed by atoms with E-state index in [1.165, 1.54) is 33.7 Å². The summed E-state index contributed by atoms with van der Waals surface area (Å²) in [5, 5.41) is 9.96. The smallest absolute Gasteiger partial charge is 0.258 e. The van der Waals surface area contributed by atoms with E-state index < -0.39 is 0 Å². The molecule has 0 aromatic heterocycles. The van der Waals surface area contributed by atoms with Crippen LogP contribution in [-0.4, -0.2) is 27.5 Å². The molecule has 2 aliphatic heterocycles. The Morgan fingerprint density at radius 1 is 1.00 bits per heavy atom. The number of thioether (sulfide) groups is 1. The highest BCUT2D eigenvalue weighted by Gasteiger charge is 2.34. The number of aliphatic imine (C=N–C) groups is 1. The minimum atomic E-state index is -0.0868. The number of hydrogen-bond acceptors (Lipinski definition) is 4. The van der Waals surface area contributed by atoms with Crippen LogP contribution >= 0.6 is 11.8 Å². The summed E-state index contributed by atoms with van der Waals surface area (Å²) < 4.78 is 0. The van der Waals surface area contributed by atoms with Gasteiger partial charge < -0.3 is 0 Å². The molecule has 1 amide bonds. The summed E-state index contributed by atoms with van der Waals surface area (Å²) in [6.07, 6.45) is 0.787. The second-order valence-corrected chi connectivity index (χ2v) is 8.10. The van der Waals surface area contributed by atoms with E-state index >= 15 is 0 Å². The van der Waals surface area contributed by atoms with Crippen LogP contribution in [0.15, 0.2) is 76.8 Å². The molecule has 5 rings (SSSR count). The molecule has 0 radical (unpaired) electrons. The third kappa shape index (κ3) is 3.12. The summed E-state index contributed by atoms with van der Waals surface area (Å²) >= 11 is 1.47. The van der Waals surface area contributed by atoms with Gasteiger partial charge in [-0.05, 0) is 34.9 Å². The Kier molecular flexibility index (Phi) is 4.24. The monoisotopic (exact) mass is 385 g/mol. The molecule has 5 heteroatoms. The molecule has 138 valence electrons. The summed E-state index contributed by atoms with van der Waals surface area (Å²) in [5.41, 5.74) is 4.56. The van der Waals surface area contributed by atoms with Crippen molar-refractivity contribution in [2.75, 3.05) is 5.75 Å². The molecule has 0 spiro atoms. The molecule has 0 fully saturated rings. The van der Waals surface area contributed by atoms with Gasteiger partial charge in [-0.25, -0.2) is 5.01 Å². The number of hydrogen-bond donors (Lipinski definition) is 0. The first-order valence-electron chi connectivity index (χ1n) is 9.34. The van der Waals surface area contributed by atoms with Crippen LogP contribution in [0.25, 0.3) is 10.8 Å². The third-order valence-corrected chi connectivity index (χ3v) is 6.12. The molecule has 0 saturated carbocycles. The van der Waals surface area contributed by atoms with Gasteiger partial charge in [0.05, 0.1) is 17.5 Å². The van der Waals surface area contributed by atoms with Crippen LogP contribution < -0.4 is 0 Å². The molecule has 2 heterocycles. The van der Waals surface area contributed by atoms with Gasteiger partial charge in [0.1, 0.15) is 0 Å². The van der Waals surface area contributed by atoms with Crippen molar-refractivity contribution >= 4 is 39.3 Å². The Morgan fingerprint density at radius 3 is 2.54 bits per heavy atom. The number of nitrogens with zero attached hydrogens (tertiary/aromatic N) is 3. The molecule has 28 heavy (non-hydrogen) atoms. The fourth-order valence-electron chi connectivity index (χ4n) is 3.70. The van der Waals surface area contributed by atoms with Gasteiger partial charge in [-0.1, -0.05) is 78.0 Å². The van der Waals surface area contributed by atoms with E-state index in [1.807, 2.05) is 5.01 Å². The van der Waals surface area contributed by atoms with E-state index in [0.717, 1.165) is 17.7 Å². The lowest BCUT2D eigenvalue weighted by molar-refractivity contribution is -0.115. The van der Waals surface area contributed by atoms with Gasteiger partial charge >= 0.3 is 0 Å². The molecule has 1 unspecified atom stereocenters. The summed E-state index contributed by atoms with van der Waals surface area (Å²) in [6.45, 7) is 2.08. The van der Waals surface area contributed by atoms with Crippen LogP contribution in [0.5, 0.6) is 0 Å². The molecule has 2 aliphatic rings. The Hall–Kier alpha value is -2.92. The predicted octanol–water partition coefficient (Wildman–Crippen LogP) is 4.93. The number of carbonyl (C=O) groups excluding carboxylic acids is 1. The first-order chi connectivity index (χ1) is 13.7.